The topological polar surface area (TPSA) is 88.5 Å². The summed E-state index contributed by atoms with van der Waals surface area (Å²) in [6, 6.07) is 4.14. The Kier molecular flexibility index (Phi) is 4.77. The molecule has 2 rings (SSSR count). The van der Waals surface area contributed by atoms with Crippen molar-refractivity contribution < 1.29 is 19.4 Å². The van der Waals surface area contributed by atoms with E-state index in [4.69, 9.17) is 11.6 Å². The van der Waals surface area contributed by atoms with Crippen molar-refractivity contribution in [1.29, 1.82) is 0 Å². The predicted molar refractivity (Wildman–Crippen MR) is 78.9 cm³/mol. The highest BCUT2D eigenvalue weighted by Gasteiger charge is 2.12. The summed E-state index contributed by atoms with van der Waals surface area (Å²) in [4.78, 5) is 27.2. The summed E-state index contributed by atoms with van der Waals surface area (Å²) in [6.07, 6.45) is 0.0495. The molecule has 0 aliphatic rings. The lowest BCUT2D eigenvalue weighted by Gasteiger charge is -2.03. The Morgan fingerprint density at radius 1 is 1.48 bits per heavy atom. The van der Waals surface area contributed by atoms with Crippen LogP contribution < -0.4 is 5.32 Å². The third-order valence-electron chi connectivity index (χ3n) is 2.54. The van der Waals surface area contributed by atoms with Crippen LogP contribution in [0.15, 0.2) is 23.6 Å². The maximum atomic E-state index is 12.0. The first-order valence-corrected chi connectivity index (χ1v) is 7.06. The number of esters is 1. The maximum Gasteiger partial charge on any atom is 0.311 e. The van der Waals surface area contributed by atoms with Crippen LogP contribution in [0, 0.1) is 0 Å². The van der Waals surface area contributed by atoms with Crippen molar-refractivity contribution in [3.05, 3.63) is 39.9 Å². The first kappa shape index (κ1) is 15.3. The first-order valence-electron chi connectivity index (χ1n) is 5.80. The second-order valence-corrected chi connectivity index (χ2v) is 5.28. The van der Waals surface area contributed by atoms with E-state index >= 15 is 0 Å². The molecule has 6 nitrogen and oxygen atoms in total. The number of hydrogen-bond donors (Lipinski definition) is 2. The molecule has 8 heteroatoms. The van der Waals surface area contributed by atoms with E-state index in [1.807, 2.05) is 0 Å². The lowest BCUT2D eigenvalue weighted by atomic mass is 10.2. The molecule has 0 aliphatic heterocycles. The number of halogens is 1. The van der Waals surface area contributed by atoms with Crippen LogP contribution in [0.1, 0.15) is 16.1 Å². The van der Waals surface area contributed by atoms with Crippen molar-refractivity contribution in [1.82, 2.24) is 4.98 Å². The number of benzene rings is 1. The minimum absolute atomic E-state index is 0.0495. The minimum atomic E-state index is -0.407. The van der Waals surface area contributed by atoms with Gasteiger partial charge in [0.2, 0.25) is 0 Å². The van der Waals surface area contributed by atoms with E-state index in [1.165, 1.54) is 36.6 Å². The molecular weight excluding hydrogens is 316 g/mol. The van der Waals surface area contributed by atoms with Gasteiger partial charge >= 0.3 is 5.97 Å². The minimum Gasteiger partial charge on any atom is -0.506 e. The number of amides is 1. The average Bonchev–Trinajstić information content (AvgIpc) is 2.88. The molecule has 0 spiro atoms. The lowest BCUT2D eigenvalue weighted by molar-refractivity contribution is -0.139. The Labute approximate surface area is 129 Å². The fourth-order valence-electron chi connectivity index (χ4n) is 1.48. The number of carbonyl (C=O) groups excluding carboxylic acids is 2. The highest BCUT2D eigenvalue weighted by molar-refractivity contribution is 7.14. The number of methoxy groups -OCH3 is 1. The zero-order valence-electron chi connectivity index (χ0n) is 10.9. The van der Waals surface area contributed by atoms with Gasteiger partial charge in [0.05, 0.1) is 24.2 Å². The van der Waals surface area contributed by atoms with Crippen LogP contribution in [0.25, 0.3) is 0 Å². The fraction of sp³-hybridized carbons (Fsp3) is 0.154. The maximum absolute atomic E-state index is 12.0. The Hall–Kier alpha value is -2.12. The zero-order chi connectivity index (χ0) is 15.4. The van der Waals surface area contributed by atoms with E-state index in [1.54, 1.807) is 5.38 Å². The molecule has 0 saturated heterocycles. The first-order chi connectivity index (χ1) is 9.99. The molecule has 0 bridgehead atoms. The van der Waals surface area contributed by atoms with Crippen LogP contribution in [0.3, 0.4) is 0 Å². The van der Waals surface area contributed by atoms with E-state index in [9.17, 15) is 14.7 Å². The van der Waals surface area contributed by atoms with E-state index in [2.05, 4.69) is 15.0 Å². The summed E-state index contributed by atoms with van der Waals surface area (Å²) in [5.41, 5.74) is 0.813. The molecule has 0 atom stereocenters. The van der Waals surface area contributed by atoms with Gasteiger partial charge in [-0.2, -0.15) is 0 Å². The SMILES string of the molecule is COC(=O)Cc1csc(NC(=O)c2ccc(O)c(Cl)c2)n1. The van der Waals surface area contributed by atoms with Crippen molar-refractivity contribution >= 4 is 39.9 Å². The molecule has 0 unspecified atom stereocenters. The van der Waals surface area contributed by atoms with Crippen LogP contribution >= 0.6 is 22.9 Å². The Balaban J connectivity index is 2.05. The largest absolute Gasteiger partial charge is 0.506 e. The number of nitrogens with one attached hydrogen (secondary N) is 1. The van der Waals surface area contributed by atoms with Crippen LogP contribution in [0.5, 0.6) is 5.75 Å². The average molecular weight is 327 g/mol. The summed E-state index contributed by atoms with van der Waals surface area (Å²) in [5.74, 6) is -0.901. The van der Waals surface area contributed by atoms with Crippen LogP contribution in [0.2, 0.25) is 5.02 Å². The number of nitrogens with zero attached hydrogens (tertiary/aromatic N) is 1. The molecule has 1 aromatic heterocycles. The van der Waals surface area contributed by atoms with Crippen LogP contribution in [-0.2, 0) is 16.0 Å². The summed E-state index contributed by atoms with van der Waals surface area (Å²) < 4.78 is 4.54. The number of hydrogen-bond acceptors (Lipinski definition) is 6. The summed E-state index contributed by atoms with van der Waals surface area (Å²) in [7, 11) is 1.30. The lowest BCUT2D eigenvalue weighted by Crippen LogP contribution is -2.12. The molecule has 0 radical (unpaired) electrons. The van der Waals surface area contributed by atoms with E-state index < -0.39 is 11.9 Å². The number of aromatic nitrogens is 1. The number of carbonyl (C=O) groups is 2. The Morgan fingerprint density at radius 3 is 2.90 bits per heavy atom. The highest BCUT2D eigenvalue weighted by Crippen LogP contribution is 2.24. The number of phenols is 1. The molecule has 1 aromatic carbocycles. The Morgan fingerprint density at radius 2 is 2.24 bits per heavy atom. The fourth-order valence-corrected chi connectivity index (χ4v) is 2.37. The van der Waals surface area contributed by atoms with Crippen molar-refractivity contribution in [3.8, 4) is 5.75 Å². The van der Waals surface area contributed by atoms with Gasteiger partial charge in [-0.3, -0.25) is 14.9 Å². The predicted octanol–water partition coefficient (Wildman–Crippen LogP) is 2.47. The van der Waals surface area contributed by atoms with Crippen molar-refractivity contribution in [2.45, 2.75) is 6.42 Å². The van der Waals surface area contributed by atoms with Gasteiger partial charge in [0.1, 0.15) is 5.75 Å². The van der Waals surface area contributed by atoms with Crippen molar-refractivity contribution in [3.63, 3.8) is 0 Å². The zero-order valence-corrected chi connectivity index (χ0v) is 12.5. The van der Waals surface area contributed by atoms with Gasteiger partial charge in [-0.05, 0) is 18.2 Å². The Bertz CT molecular complexity index is 687. The number of thiazole rings is 1. The molecule has 21 heavy (non-hydrogen) atoms. The smallest absolute Gasteiger partial charge is 0.311 e. The molecule has 1 heterocycles. The third-order valence-corrected chi connectivity index (χ3v) is 3.64. The third kappa shape index (κ3) is 3.93. The van der Waals surface area contributed by atoms with E-state index in [-0.39, 0.29) is 17.2 Å². The molecular formula is C13H11ClN2O4S. The van der Waals surface area contributed by atoms with Gasteiger partial charge in [-0.15, -0.1) is 11.3 Å². The monoisotopic (exact) mass is 326 g/mol. The normalized spacial score (nSPS) is 10.2. The quantitative estimate of drug-likeness (QED) is 0.843. The molecule has 110 valence electrons. The number of anilines is 1. The van der Waals surface area contributed by atoms with Crippen molar-refractivity contribution in [2.24, 2.45) is 0 Å². The van der Waals surface area contributed by atoms with Crippen LogP contribution in [-0.4, -0.2) is 29.1 Å². The molecule has 0 fully saturated rings. The number of phenolic OH excluding ortho intramolecular Hbond substituents is 1. The molecule has 2 N–H and O–H groups in total. The van der Waals surface area contributed by atoms with Crippen LogP contribution in [0.4, 0.5) is 5.13 Å². The second-order valence-electron chi connectivity index (χ2n) is 4.02. The molecule has 2 aromatic rings. The number of ether oxygens (including phenoxy) is 1. The summed E-state index contributed by atoms with van der Waals surface area (Å²) in [5, 5.41) is 14.0. The van der Waals surface area contributed by atoms with Gasteiger partial charge in [0.25, 0.3) is 5.91 Å². The van der Waals surface area contributed by atoms with Gasteiger partial charge < -0.3 is 9.84 Å². The molecule has 0 aliphatic carbocycles. The number of aromatic hydroxyl groups is 1. The molecule has 1 amide bonds. The van der Waals surface area contributed by atoms with E-state index in [0.717, 1.165) is 0 Å². The van der Waals surface area contributed by atoms with Crippen molar-refractivity contribution in [2.75, 3.05) is 12.4 Å². The standard InChI is InChI=1S/C13H11ClN2O4S/c1-20-11(18)5-8-6-21-13(15-8)16-12(19)7-2-3-10(17)9(14)4-7/h2-4,6,17H,5H2,1H3,(H,15,16,19). The van der Waals surface area contributed by atoms with Gasteiger partial charge in [0.15, 0.2) is 5.13 Å². The number of rotatable bonds is 4. The van der Waals surface area contributed by atoms with E-state index in [0.29, 0.717) is 16.4 Å². The summed E-state index contributed by atoms with van der Waals surface area (Å²) >= 11 is 6.94. The van der Waals surface area contributed by atoms with Gasteiger partial charge in [-0.1, -0.05) is 11.6 Å². The van der Waals surface area contributed by atoms with Gasteiger partial charge in [-0.25, -0.2) is 4.98 Å². The second kappa shape index (κ2) is 6.55. The van der Waals surface area contributed by atoms with Gasteiger partial charge in [0, 0.05) is 10.9 Å². The highest BCUT2D eigenvalue weighted by atomic mass is 35.5. The molecule has 0 saturated carbocycles. The summed E-state index contributed by atoms with van der Waals surface area (Å²) in [6.45, 7) is 0.